The molecule has 0 spiro atoms. The molecular formula is C16H27NO7. The van der Waals surface area contributed by atoms with Crippen LogP contribution in [0, 0.1) is 5.92 Å². The first-order valence-electron chi connectivity index (χ1n) is 8.20. The highest BCUT2D eigenvalue weighted by molar-refractivity contribution is 5.84. The maximum Gasteiger partial charge on any atom is 0.370 e. The Bertz CT molecular complexity index is 465. The maximum absolute atomic E-state index is 11.6. The van der Waals surface area contributed by atoms with Crippen LogP contribution in [0.1, 0.15) is 39.5 Å². The van der Waals surface area contributed by atoms with Gasteiger partial charge in [-0.05, 0) is 12.5 Å². The highest BCUT2D eigenvalue weighted by atomic mass is 16.5. The fourth-order valence-corrected chi connectivity index (χ4v) is 2.48. The molecule has 0 aromatic carbocycles. The SMILES string of the molecule is CCCCCC(=O)NCC(O)C(O)C1OC(C(=O)O)=C[C@@H](O)[C@H]1C. The number of amides is 1. The summed E-state index contributed by atoms with van der Waals surface area (Å²) in [5, 5.41) is 41.6. The van der Waals surface area contributed by atoms with Crippen molar-refractivity contribution in [2.45, 2.75) is 63.9 Å². The third-order valence-corrected chi connectivity index (χ3v) is 4.10. The van der Waals surface area contributed by atoms with Gasteiger partial charge in [0, 0.05) is 18.9 Å². The molecule has 1 aliphatic rings. The van der Waals surface area contributed by atoms with Crippen molar-refractivity contribution >= 4 is 11.9 Å². The van der Waals surface area contributed by atoms with Crippen molar-refractivity contribution in [3.63, 3.8) is 0 Å². The van der Waals surface area contributed by atoms with Crippen molar-refractivity contribution in [3.05, 3.63) is 11.8 Å². The van der Waals surface area contributed by atoms with E-state index in [0.29, 0.717) is 6.42 Å². The van der Waals surface area contributed by atoms with Gasteiger partial charge < -0.3 is 30.5 Å². The predicted molar refractivity (Wildman–Crippen MR) is 84.9 cm³/mol. The molecule has 1 aliphatic heterocycles. The number of carboxylic acids is 1. The number of unbranched alkanes of at least 4 members (excludes halogenated alkanes) is 2. The second-order valence-corrected chi connectivity index (χ2v) is 6.09. The summed E-state index contributed by atoms with van der Waals surface area (Å²) in [7, 11) is 0. The van der Waals surface area contributed by atoms with Crippen molar-refractivity contribution in [1.29, 1.82) is 0 Å². The minimum Gasteiger partial charge on any atom is -0.480 e. The largest absolute Gasteiger partial charge is 0.480 e. The Morgan fingerprint density at radius 3 is 2.58 bits per heavy atom. The number of aliphatic hydroxyl groups is 3. The van der Waals surface area contributed by atoms with Crippen molar-refractivity contribution in [1.82, 2.24) is 5.32 Å². The lowest BCUT2D eigenvalue weighted by Crippen LogP contribution is -2.51. The molecule has 0 saturated carbocycles. The van der Waals surface area contributed by atoms with Crippen LogP contribution in [0.3, 0.4) is 0 Å². The first-order valence-corrected chi connectivity index (χ1v) is 8.20. The smallest absolute Gasteiger partial charge is 0.370 e. The average molecular weight is 345 g/mol. The summed E-state index contributed by atoms with van der Waals surface area (Å²) in [6.45, 7) is 3.42. The molecule has 8 heteroatoms. The van der Waals surface area contributed by atoms with E-state index < -0.39 is 42.1 Å². The molecule has 0 bridgehead atoms. The number of hydrogen-bond acceptors (Lipinski definition) is 6. The van der Waals surface area contributed by atoms with E-state index in [0.717, 1.165) is 25.3 Å². The Morgan fingerprint density at radius 2 is 2.00 bits per heavy atom. The van der Waals surface area contributed by atoms with E-state index in [-0.39, 0.29) is 12.5 Å². The third-order valence-electron chi connectivity index (χ3n) is 4.10. The monoisotopic (exact) mass is 345 g/mol. The molecule has 5 N–H and O–H groups in total. The quantitative estimate of drug-likeness (QED) is 0.364. The Morgan fingerprint density at radius 1 is 1.33 bits per heavy atom. The van der Waals surface area contributed by atoms with Crippen molar-refractivity contribution in [2.24, 2.45) is 5.92 Å². The molecule has 8 nitrogen and oxygen atoms in total. The van der Waals surface area contributed by atoms with E-state index in [9.17, 15) is 24.9 Å². The number of aliphatic carboxylic acids is 1. The number of carboxylic acid groups (broad SMARTS) is 1. The van der Waals surface area contributed by atoms with E-state index in [1.807, 2.05) is 6.92 Å². The normalized spacial score (nSPS) is 26.0. The van der Waals surface area contributed by atoms with Crippen LogP contribution in [0.4, 0.5) is 0 Å². The molecular weight excluding hydrogens is 318 g/mol. The fraction of sp³-hybridized carbons (Fsp3) is 0.750. The van der Waals surface area contributed by atoms with Crippen LogP contribution in [-0.4, -0.2) is 63.3 Å². The molecule has 0 saturated heterocycles. The lowest BCUT2D eigenvalue weighted by atomic mass is 9.89. The van der Waals surface area contributed by atoms with Crippen LogP contribution in [0.2, 0.25) is 0 Å². The Hall–Kier alpha value is -1.64. The van der Waals surface area contributed by atoms with Gasteiger partial charge in [-0.3, -0.25) is 4.79 Å². The zero-order valence-electron chi connectivity index (χ0n) is 14.0. The van der Waals surface area contributed by atoms with Gasteiger partial charge in [0.15, 0.2) is 0 Å². The zero-order valence-corrected chi connectivity index (χ0v) is 14.0. The molecule has 0 aliphatic carbocycles. The summed E-state index contributed by atoms with van der Waals surface area (Å²) >= 11 is 0. The minimum absolute atomic E-state index is 0.180. The standard InChI is InChI=1S/C16H27NO7/c1-3-4-5-6-13(20)17-8-11(19)14(21)15-9(2)10(18)7-12(24-15)16(22)23/h7,9-11,14-15,18-19,21H,3-6,8H2,1-2H3,(H,17,20)(H,22,23)/t9-,10-,11?,14?,15?/m1/s1. The molecule has 138 valence electrons. The fourth-order valence-electron chi connectivity index (χ4n) is 2.48. The van der Waals surface area contributed by atoms with Gasteiger partial charge in [-0.2, -0.15) is 0 Å². The predicted octanol–water partition coefficient (Wildman–Crippen LogP) is -0.231. The van der Waals surface area contributed by atoms with Gasteiger partial charge in [0.1, 0.15) is 18.3 Å². The number of nitrogens with one attached hydrogen (secondary N) is 1. The maximum atomic E-state index is 11.6. The first kappa shape index (κ1) is 20.4. The summed E-state index contributed by atoms with van der Waals surface area (Å²) in [4.78, 5) is 22.6. The minimum atomic E-state index is -1.45. The summed E-state index contributed by atoms with van der Waals surface area (Å²) in [5.74, 6) is -2.67. The zero-order chi connectivity index (χ0) is 18.3. The van der Waals surface area contributed by atoms with Gasteiger partial charge in [-0.25, -0.2) is 4.79 Å². The molecule has 24 heavy (non-hydrogen) atoms. The second-order valence-electron chi connectivity index (χ2n) is 6.09. The molecule has 0 aromatic heterocycles. The van der Waals surface area contributed by atoms with E-state index in [1.54, 1.807) is 6.92 Å². The van der Waals surface area contributed by atoms with Crippen molar-refractivity contribution in [2.75, 3.05) is 6.54 Å². The summed E-state index contributed by atoms with van der Waals surface area (Å²) in [5.41, 5.74) is 0. The van der Waals surface area contributed by atoms with Crippen LogP contribution >= 0.6 is 0 Å². The van der Waals surface area contributed by atoms with Gasteiger partial charge >= 0.3 is 5.97 Å². The van der Waals surface area contributed by atoms with Crippen molar-refractivity contribution < 1.29 is 34.8 Å². The number of rotatable bonds is 9. The summed E-state index contributed by atoms with van der Waals surface area (Å²) < 4.78 is 5.18. The molecule has 5 atom stereocenters. The van der Waals surface area contributed by atoms with E-state index >= 15 is 0 Å². The molecule has 1 heterocycles. The lowest BCUT2D eigenvalue weighted by molar-refractivity contribution is -0.149. The number of carbonyl (C=O) groups excluding carboxylic acids is 1. The number of hydrogen-bond donors (Lipinski definition) is 5. The summed E-state index contributed by atoms with van der Waals surface area (Å²) in [6, 6.07) is 0. The highest BCUT2D eigenvalue weighted by Gasteiger charge is 2.40. The van der Waals surface area contributed by atoms with Crippen LogP contribution in [0.15, 0.2) is 11.8 Å². The Labute approximate surface area is 141 Å². The van der Waals surface area contributed by atoms with Gasteiger partial charge in [0.05, 0.1) is 6.10 Å². The number of ether oxygens (including phenoxy) is 1. The molecule has 1 rings (SSSR count). The molecule has 0 radical (unpaired) electrons. The van der Waals surface area contributed by atoms with Crippen LogP contribution in [0.5, 0.6) is 0 Å². The average Bonchev–Trinajstić information content (AvgIpc) is 2.54. The summed E-state index contributed by atoms with van der Waals surface area (Å²) in [6.07, 6.45) is -0.912. The molecule has 3 unspecified atom stereocenters. The van der Waals surface area contributed by atoms with Crippen LogP contribution in [0.25, 0.3) is 0 Å². The lowest BCUT2D eigenvalue weighted by Gasteiger charge is -2.36. The van der Waals surface area contributed by atoms with Gasteiger partial charge in [0.25, 0.3) is 0 Å². The topological polar surface area (TPSA) is 136 Å². The van der Waals surface area contributed by atoms with E-state index in [4.69, 9.17) is 9.84 Å². The van der Waals surface area contributed by atoms with Crippen molar-refractivity contribution in [3.8, 4) is 0 Å². The van der Waals surface area contributed by atoms with Gasteiger partial charge in [-0.15, -0.1) is 0 Å². The second kappa shape index (κ2) is 9.61. The highest BCUT2D eigenvalue weighted by Crippen LogP contribution is 2.27. The first-order chi connectivity index (χ1) is 11.3. The third kappa shape index (κ3) is 5.77. The van der Waals surface area contributed by atoms with Crippen LogP contribution < -0.4 is 5.32 Å². The van der Waals surface area contributed by atoms with Gasteiger partial charge in [-0.1, -0.05) is 26.7 Å². The van der Waals surface area contributed by atoms with E-state index in [2.05, 4.69) is 5.32 Å². The Kier molecular flexibility index (Phi) is 8.17. The number of aliphatic hydroxyl groups excluding tert-OH is 3. The number of carbonyl (C=O) groups is 2. The van der Waals surface area contributed by atoms with E-state index in [1.165, 1.54) is 0 Å². The van der Waals surface area contributed by atoms with Crippen LogP contribution in [-0.2, 0) is 14.3 Å². The Balaban J connectivity index is 2.55. The van der Waals surface area contributed by atoms with Gasteiger partial charge in [0.2, 0.25) is 11.7 Å². The molecule has 0 fully saturated rings. The molecule has 0 aromatic rings. The molecule has 1 amide bonds.